The molecule has 0 bridgehead atoms. The van der Waals surface area contributed by atoms with E-state index in [9.17, 15) is 4.79 Å². The zero-order chi connectivity index (χ0) is 13.5. The zero-order valence-corrected chi connectivity index (χ0v) is 12.3. The number of nitrogens with one attached hydrogen (secondary N) is 1. The third-order valence-corrected chi connectivity index (χ3v) is 3.08. The average molecular weight is 281 g/mol. The van der Waals surface area contributed by atoms with E-state index in [0.717, 1.165) is 6.42 Å². The molecule has 4 heteroatoms. The second kappa shape index (κ2) is 18.4. The van der Waals surface area contributed by atoms with Gasteiger partial charge in [0.1, 0.15) is 0 Å². The fourth-order valence-electron chi connectivity index (χ4n) is 1.97. The normalized spacial score (nSPS) is 10.0. The van der Waals surface area contributed by atoms with Crippen molar-refractivity contribution in [1.82, 2.24) is 5.32 Å². The number of esters is 1. The van der Waals surface area contributed by atoms with Gasteiger partial charge in [-0.25, -0.2) is 0 Å². The van der Waals surface area contributed by atoms with Crippen LogP contribution in [-0.2, 0) is 9.53 Å². The first kappa shape index (κ1) is 21.7. The van der Waals surface area contributed by atoms with E-state index in [1.54, 1.807) is 7.05 Å². The van der Waals surface area contributed by atoms with Crippen LogP contribution in [0.3, 0.4) is 0 Å². The second-order valence-electron chi connectivity index (χ2n) is 4.93. The van der Waals surface area contributed by atoms with Gasteiger partial charge in [0.05, 0.1) is 13.2 Å². The summed E-state index contributed by atoms with van der Waals surface area (Å²) in [5.41, 5.74) is 0. The van der Waals surface area contributed by atoms with Gasteiger partial charge in [0, 0.05) is 0 Å². The summed E-state index contributed by atoms with van der Waals surface area (Å²) in [4.78, 5) is 11.0. The number of rotatable bonds is 13. The van der Waals surface area contributed by atoms with Gasteiger partial charge in [0.15, 0.2) is 0 Å². The summed E-state index contributed by atoms with van der Waals surface area (Å²) in [5, 5.41) is 2.78. The average Bonchev–Trinajstić information content (AvgIpc) is 2.36. The van der Waals surface area contributed by atoms with Crippen LogP contribution in [0.15, 0.2) is 0 Å². The molecule has 0 rings (SSSR count). The van der Waals surface area contributed by atoms with Crippen molar-refractivity contribution in [2.24, 2.45) is 0 Å². The van der Waals surface area contributed by atoms with Crippen LogP contribution < -0.4 is 5.32 Å². The summed E-state index contributed by atoms with van der Waals surface area (Å²) < 4.78 is 5.05. The Bertz CT molecular complexity index is 189. The first-order valence-electron chi connectivity index (χ1n) is 7.61. The van der Waals surface area contributed by atoms with Gasteiger partial charge in [-0.05, 0) is 13.5 Å². The zero-order valence-electron chi connectivity index (χ0n) is 12.3. The summed E-state index contributed by atoms with van der Waals surface area (Å²) in [7, 11) is 1.75. The van der Waals surface area contributed by atoms with E-state index >= 15 is 0 Å². The van der Waals surface area contributed by atoms with Crippen molar-refractivity contribution in [3.8, 4) is 0 Å². The molecule has 0 saturated heterocycles. The van der Waals surface area contributed by atoms with E-state index in [1.807, 2.05) is 0 Å². The predicted octanol–water partition coefficient (Wildman–Crippen LogP) is 3.02. The third kappa shape index (κ3) is 18.4. The standard InChI is InChI=1S/C15H31NO2.Na.H/c1-3-4-5-6-7-8-9-10-11-12-13-18-15(17)14-16-2;;/h16H,3-14H2,1-2H3;;. The minimum absolute atomic E-state index is 0. The van der Waals surface area contributed by atoms with Crippen LogP contribution in [0.1, 0.15) is 71.1 Å². The first-order valence-corrected chi connectivity index (χ1v) is 7.61. The number of ether oxygens (including phenoxy) is 1. The predicted molar refractivity (Wildman–Crippen MR) is 83.9 cm³/mol. The molecule has 0 amide bonds. The topological polar surface area (TPSA) is 38.3 Å². The molecule has 0 aliphatic carbocycles. The SMILES string of the molecule is CCCCCCCCCCCCOC(=O)CNC.[NaH]. The molecule has 110 valence electrons. The monoisotopic (exact) mass is 281 g/mol. The van der Waals surface area contributed by atoms with Crippen LogP contribution in [0, 0.1) is 0 Å². The molecule has 0 aromatic heterocycles. The molecule has 0 aliphatic rings. The molecule has 0 fully saturated rings. The van der Waals surface area contributed by atoms with Crippen LogP contribution in [0.5, 0.6) is 0 Å². The van der Waals surface area contributed by atoms with E-state index in [-0.39, 0.29) is 35.5 Å². The van der Waals surface area contributed by atoms with Crippen molar-refractivity contribution < 1.29 is 9.53 Å². The van der Waals surface area contributed by atoms with Crippen molar-refractivity contribution in [1.29, 1.82) is 0 Å². The summed E-state index contributed by atoms with van der Waals surface area (Å²) in [6.45, 7) is 3.15. The molecule has 0 heterocycles. The summed E-state index contributed by atoms with van der Waals surface area (Å²) in [6.07, 6.45) is 13.1. The molecule has 0 unspecified atom stereocenters. The van der Waals surface area contributed by atoms with Crippen molar-refractivity contribution in [2.45, 2.75) is 71.1 Å². The van der Waals surface area contributed by atoms with Crippen molar-refractivity contribution in [3.05, 3.63) is 0 Å². The molecule has 3 nitrogen and oxygen atoms in total. The number of likely N-dealkylation sites (N-methyl/N-ethyl adjacent to an activating group) is 1. The van der Waals surface area contributed by atoms with Gasteiger partial charge in [0.2, 0.25) is 0 Å². The van der Waals surface area contributed by atoms with Gasteiger partial charge in [0.25, 0.3) is 0 Å². The van der Waals surface area contributed by atoms with Gasteiger partial charge < -0.3 is 10.1 Å². The first-order chi connectivity index (χ1) is 8.81. The van der Waals surface area contributed by atoms with E-state index < -0.39 is 0 Å². The van der Waals surface area contributed by atoms with Crippen LogP contribution in [0.4, 0.5) is 0 Å². The molecule has 0 radical (unpaired) electrons. The van der Waals surface area contributed by atoms with Crippen LogP contribution in [0.25, 0.3) is 0 Å². The second-order valence-corrected chi connectivity index (χ2v) is 4.93. The Labute approximate surface area is 141 Å². The van der Waals surface area contributed by atoms with E-state index in [4.69, 9.17) is 4.74 Å². The van der Waals surface area contributed by atoms with E-state index in [2.05, 4.69) is 12.2 Å². The number of hydrogen-bond donors (Lipinski definition) is 1. The van der Waals surface area contributed by atoms with Gasteiger partial charge in [-0.15, -0.1) is 0 Å². The summed E-state index contributed by atoms with van der Waals surface area (Å²) >= 11 is 0. The molecule has 0 aromatic rings. The Morgan fingerprint density at radius 1 is 0.895 bits per heavy atom. The van der Waals surface area contributed by atoms with E-state index in [1.165, 1.54) is 57.8 Å². The van der Waals surface area contributed by atoms with Gasteiger partial charge >= 0.3 is 35.5 Å². The van der Waals surface area contributed by atoms with Crippen LogP contribution in [-0.4, -0.2) is 55.7 Å². The Kier molecular flexibility index (Phi) is 21.1. The van der Waals surface area contributed by atoms with Crippen molar-refractivity contribution in [2.75, 3.05) is 20.2 Å². The summed E-state index contributed by atoms with van der Waals surface area (Å²) in [5.74, 6) is -0.145. The Balaban J connectivity index is 0. The Morgan fingerprint density at radius 3 is 1.84 bits per heavy atom. The molecule has 0 spiro atoms. The third-order valence-electron chi connectivity index (χ3n) is 3.08. The Morgan fingerprint density at radius 2 is 1.37 bits per heavy atom. The maximum absolute atomic E-state index is 11.0. The van der Waals surface area contributed by atoms with Gasteiger partial charge in [-0.2, -0.15) is 0 Å². The molecule has 0 saturated carbocycles. The number of hydrogen-bond acceptors (Lipinski definition) is 3. The quantitative estimate of drug-likeness (QED) is 0.320. The van der Waals surface area contributed by atoms with Gasteiger partial charge in [-0.1, -0.05) is 64.7 Å². The maximum atomic E-state index is 11.0. The van der Waals surface area contributed by atoms with Crippen LogP contribution >= 0.6 is 0 Å². The number of unbranched alkanes of at least 4 members (excludes halogenated alkanes) is 9. The van der Waals surface area contributed by atoms with E-state index in [0.29, 0.717) is 13.2 Å². The Hall–Kier alpha value is 0.430. The molecule has 0 atom stereocenters. The van der Waals surface area contributed by atoms with Crippen molar-refractivity contribution >= 4 is 35.5 Å². The molecule has 0 aliphatic heterocycles. The molecule has 1 N–H and O–H groups in total. The fraction of sp³-hybridized carbons (Fsp3) is 0.933. The molecular formula is C15H32NNaO2. The molecule has 0 aromatic carbocycles. The molecular weight excluding hydrogens is 249 g/mol. The number of carbonyl (C=O) groups excluding carboxylic acids is 1. The van der Waals surface area contributed by atoms with Gasteiger partial charge in [-0.3, -0.25) is 4.79 Å². The molecule has 19 heavy (non-hydrogen) atoms. The number of carbonyl (C=O) groups is 1. The van der Waals surface area contributed by atoms with Crippen LogP contribution in [0.2, 0.25) is 0 Å². The summed E-state index contributed by atoms with van der Waals surface area (Å²) in [6, 6.07) is 0. The van der Waals surface area contributed by atoms with Crippen molar-refractivity contribution in [3.63, 3.8) is 0 Å². The fourth-order valence-corrected chi connectivity index (χ4v) is 1.97. The minimum atomic E-state index is -0.145.